The number of furan rings is 1. The molecule has 1 aromatic heterocycles. The minimum Gasteiger partial charge on any atom is -0.467 e. The lowest BCUT2D eigenvalue weighted by atomic mass is 9.87. The Morgan fingerprint density at radius 3 is 3.23 bits per heavy atom. The van der Waals surface area contributed by atoms with Gasteiger partial charge in [-0.15, -0.1) is 0 Å². The van der Waals surface area contributed by atoms with Crippen LogP contribution in [0.3, 0.4) is 0 Å². The van der Waals surface area contributed by atoms with E-state index in [0.717, 1.165) is 25.1 Å². The maximum absolute atomic E-state index is 5.56. The van der Waals surface area contributed by atoms with Crippen LogP contribution in [0, 0.1) is 0 Å². The molecule has 0 fully saturated rings. The fraction of sp³-hybridized carbons (Fsp3) is 0.636. The molecule has 0 radical (unpaired) electrons. The van der Waals surface area contributed by atoms with E-state index in [2.05, 4.69) is 25.2 Å². The molecule has 0 amide bonds. The molecule has 13 heavy (non-hydrogen) atoms. The molecule has 2 heteroatoms. The number of hydrogen-bond donors (Lipinski definition) is 1. The number of hydrogen-bond acceptors (Lipinski definition) is 2. The standard InChI is InChI=1S/C11H17NO/c1-3-6-11(2)10-9(4-7-12-11)5-8-13-10/h5,8,12H,3-4,6-7H2,1-2H3. The normalized spacial score (nSPS) is 27.2. The van der Waals surface area contributed by atoms with Gasteiger partial charge in [0.2, 0.25) is 0 Å². The summed E-state index contributed by atoms with van der Waals surface area (Å²) < 4.78 is 5.56. The second-order valence-corrected chi connectivity index (χ2v) is 4.03. The van der Waals surface area contributed by atoms with Crippen LogP contribution in [-0.2, 0) is 12.0 Å². The van der Waals surface area contributed by atoms with Crippen LogP contribution >= 0.6 is 0 Å². The highest BCUT2D eigenvalue weighted by Gasteiger charge is 2.33. The van der Waals surface area contributed by atoms with Crippen LogP contribution in [-0.4, -0.2) is 6.54 Å². The van der Waals surface area contributed by atoms with Crippen LogP contribution in [0.2, 0.25) is 0 Å². The Balaban J connectivity index is 2.33. The molecule has 0 saturated heterocycles. The van der Waals surface area contributed by atoms with Crippen LogP contribution in [0.1, 0.15) is 38.0 Å². The van der Waals surface area contributed by atoms with Crippen LogP contribution in [0.4, 0.5) is 0 Å². The van der Waals surface area contributed by atoms with Gasteiger partial charge in [0.1, 0.15) is 5.76 Å². The maximum atomic E-state index is 5.56. The van der Waals surface area contributed by atoms with Crippen molar-refractivity contribution in [2.24, 2.45) is 0 Å². The maximum Gasteiger partial charge on any atom is 0.126 e. The molecule has 2 nitrogen and oxygen atoms in total. The topological polar surface area (TPSA) is 25.2 Å². The van der Waals surface area contributed by atoms with Crippen LogP contribution in [0.15, 0.2) is 16.7 Å². The first kappa shape index (κ1) is 8.82. The monoisotopic (exact) mass is 179 g/mol. The van der Waals surface area contributed by atoms with E-state index in [1.54, 1.807) is 0 Å². The van der Waals surface area contributed by atoms with Gasteiger partial charge in [-0.2, -0.15) is 0 Å². The molecule has 1 aromatic rings. The first-order chi connectivity index (χ1) is 6.26. The summed E-state index contributed by atoms with van der Waals surface area (Å²) in [7, 11) is 0. The molecule has 0 saturated carbocycles. The Morgan fingerprint density at radius 2 is 2.46 bits per heavy atom. The van der Waals surface area contributed by atoms with E-state index in [4.69, 9.17) is 4.42 Å². The fourth-order valence-electron chi connectivity index (χ4n) is 2.27. The van der Waals surface area contributed by atoms with Gasteiger partial charge in [-0.25, -0.2) is 0 Å². The summed E-state index contributed by atoms with van der Waals surface area (Å²) in [6.45, 7) is 5.52. The van der Waals surface area contributed by atoms with Crippen molar-refractivity contribution in [3.8, 4) is 0 Å². The van der Waals surface area contributed by atoms with Gasteiger partial charge in [-0.05, 0) is 31.4 Å². The summed E-state index contributed by atoms with van der Waals surface area (Å²) in [5, 5.41) is 3.54. The molecular weight excluding hydrogens is 162 g/mol. The second kappa shape index (κ2) is 3.18. The summed E-state index contributed by atoms with van der Waals surface area (Å²) in [5.41, 5.74) is 1.46. The number of fused-ring (bicyclic) bond motifs is 1. The molecule has 0 aliphatic carbocycles. The molecule has 1 atom stereocenters. The average molecular weight is 179 g/mol. The molecule has 72 valence electrons. The smallest absolute Gasteiger partial charge is 0.126 e. The van der Waals surface area contributed by atoms with Gasteiger partial charge in [0, 0.05) is 6.54 Å². The van der Waals surface area contributed by atoms with Gasteiger partial charge in [0.15, 0.2) is 0 Å². The summed E-state index contributed by atoms with van der Waals surface area (Å²) in [6.07, 6.45) is 5.24. The fourth-order valence-corrected chi connectivity index (χ4v) is 2.27. The van der Waals surface area contributed by atoms with Crippen molar-refractivity contribution in [2.45, 2.75) is 38.6 Å². The lowest BCUT2D eigenvalue weighted by Gasteiger charge is -2.33. The van der Waals surface area contributed by atoms with Crippen LogP contribution < -0.4 is 5.32 Å². The quantitative estimate of drug-likeness (QED) is 0.754. The molecule has 0 spiro atoms. The van der Waals surface area contributed by atoms with E-state index in [1.807, 2.05) is 6.26 Å². The Labute approximate surface area is 79.3 Å². The Kier molecular flexibility index (Phi) is 2.16. The Bertz CT molecular complexity index is 292. The van der Waals surface area contributed by atoms with Gasteiger partial charge in [0.25, 0.3) is 0 Å². The van der Waals surface area contributed by atoms with Gasteiger partial charge in [0.05, 0.1) is 11.8 Å². The van der Waals surface area contributed by atoms with E-state index >= 15 is 0 Å². The molecule has 0 bridgehead atoms. The minimum absolute atomic E-state index is 0.0752. The van der Waals surface area contributed by atoms with Crippen molar-refractivity contribution in [1.82, 2.24) is 5.32 Å². The highest BCUT2D eigenvalue weighted by atomic mass is 16.3. The molecular formula is C11H17NO. The van der Waals surface area contributed by atoms with Gasteiger partial charge >= 0.3 is 0 Å². The number of rotatable bonds is 2. The SMILES string of the molecule is CCCC1(C)NCCc2ccoc21. The van der Waals surface area contributed by atoms with E-state index in [0.29, 0.717) is 0 Å². The third-order valence-electron chi connectivity index (χ3n) is 2.91. The van der Waals surface area contributed by atoms with Gasteiger partial charge in [-0.1, -0.05) is 13.3 Å². The van der Waals surface area contributed by atoms with Crippen molar-refractivity contribution in [2.75, 3.05) is 6.54 Å². The lowest BCUT2D eigenvalue weighted by molar-refractivity contribution is 0.257. The van der Waals surface area contributed by atoms with Crippen LogP contribution in [0.25, 0.3) is 0 Å². The van der Waals surface area contributed by atoms with E-state index in [1.165, 1.54) is 12.0 Å². The van der Waals surface area contributed by atoms with Crippen molar-refractivity contribution in [3.05, 3.63) is 23.7 Å². The largest absolute Gasteiger partial charge is 0.467 e. The molecule has 1 aliphatic heterocycles. The van der Waals surface area contributed by atoms with E-state index < -0.39 is 0 Å². The van der Waals surface area contributed by atoms with Crippen molar-refractivity contribution >= 4 is 0 Å². The second-order valence-electron chi connectivity index (χ2n) is 4.03. The van der Waals surface area contributed by atoms with Gasteiger partial charge < -0.3 is 9.73 Å². The number of nitrogens with one attached hydrogen (secondary N) is 1. The first-order valence-electron chi connectivity index (χ1n) is 5.08. The van der Waals surface area contributed by atoms with E-state index in [-0.39, 0.29) is 5.54 Å². The molecule has 1 aliphatic rings. The third kappa shape index (κ3) is 1.39. The predicted octanol–water partition coefficient (Wildman–Crippen LogP) is 2.44. The Morgan fingerprint density at radius 1 is 1.62 bits per heavy atom. The molecule has 1 N–H and O–H groups in total. The van der Waals surface area contributed by atoms with Crippen molar-refractivity contribution in [3.63, 3.8) is 0 Å². The summed E-state index contributed by atoms with van der Waals surface area (Å²) in [5.74, 6) is 1.15. The Hall–Kier alpha value is -0.760. The zero-order valence-corrected chi connectivity index (χ0v) is 8.39. The third-order valence-corrected chi connectivity index (χ3v) is 2.91. The minimum atomic E-state index is 0.0752. The summed E-state index contributed by atoms with van der Waals surface area (Å²) in [6, 6.07) is 2.10. The summed E-state index contributed by atoms with van der Waals surface area (Å²) >= 11 is 0. The first-order valence-corrected chi connectivity index (χ1v) is 5.08. The molecule has 0 aromatic carbocycles. The predicted molar refractivity (Wildman–Crippen MR) is 52.7 cm³/mol. The van der Waals surface area contributed by atoms with E-state index in [9.17, 15) is 0 Å². The lowest BCUT2D eigenvalue weighted by Crippen LogP contribution is -2.44. The summed E-state index contributed by atoms with van der Waals surface area (Å²) in [4.78, 5) is 0. The van der Waals surface area contributed by atoms with Gasteiger partial charge in [-0.3, -0.25) is 0 Å². The highest BCUT2D eigenvalue weighted by Crippen LogP contribution is 2.32. The highest BCUT2D eigenvalue weighted by molar-refractivity contribution is 5.27. The zero-order valence-electron chi connectivity index (χ0n) is 8.39. The molecule has 2 heterocycles. The van der Waals surface area contributed by atoms with Crippen molar-refractivity contribution < 1.29 is 4.42 Å². The zero-order chi connectivity index (χ0) is 9.31. The average Bonchev–Trinajstić information content (AvgIpc) is 2.54. The van der Waals surface area contributed by atoms with Crippen molar-refractivity contribution in [1.29, 1.82) is 0 Å². The molecule has 2 rings (SSSR count). The van der Waals surface area contributed by atoms with Crippen LogP contribution in [0.5, 0.6) is 0 Å². The molecule has 1 unspecified atom stereocenters.